The van der Waals surface area contributed by atoms with Gasteiger partial charge in [0.25, 0.3) is 10.0 Å². The number of benzene rings is 3. The third-order valence-corrected chi connectivity index (χ3v) is 5.71. The lowest BCUT2D eigenvalue weighted by Gasteiger charge is -2.12. The van der Waals surface area contributed by atoms with Crippen molar-refractivity contribution in [2.75, 3.05) is 13.2 Å². The number of hydrazone groups is 1. The summed E-state index contributed by atoms with van der Waals surface area (Å²) < 4.78 is 41.2. The van der Waals surface area contributed by atoms with Gasteiger partial charge >= 0.3 is 5.97 Å². The van der Waals surface area contributed by atoms with E-state index in [1.807, 2.05) is 6.92 Å². The summed E-state index contributed by atoms with van der Waals surface area (Å²) in [6.45, 7) is 4.76. The van der Waals surface area contributed by atoms with E-state index in [1.165, 1.54) is 18.3 Å². The van der Waals surface area contributed by atoms with Gasteiger partial charge < -0.3 is 14.2 Å². The van der Waals surface area contributed by atoms with E-state index in [9.17, 15) is 13.2 Å². The Morgan fingerprint density at radius 2 is 1.68 bits per heavy atom. The standard InChI is InChI=1S/C25H26N2O6S/c1-3-16-32-21-13-11-20(12-14-21)25(28)33-23-15-10-19(17-24(23)31-4-2)18-26-27-34(29,30)22-8-6-5-7-9-22/h5-15,17-18,27H,3-4,16H2,1-2H3. The molecule has 0 aliphatic rings. The van der Waals surface area contributed by atoms with Crippen LogP contribution in [0.2, 0.25) is 0 Å². The average molecular weight is 483 g/mol. The second-order valence-corrected chi connectivity index (χ2v) is 8.73. The SMILES string of the molecule is CCCOc1ccc(C(=O)Oc2ccc(C=NNS(=O)(=O)c3ccccc3)cc2OCC)cc1. The van der Waals surface area contributed by atoms with Crippen LogP contribution in [0.1, 0.15) is 36.2 Å². The number of nitrogens with zero attached hydrogens (tertiary/aromatic N) is 1. The zero-order valence-corrected chi connectivity index (χ0v) is 19.7. The van der Waals surface area contributed by atoms with E-state index < -0.39 is 16.0 Å². The van der Waals surface area contributed by atoms with Crippen LogP contribution in [-0.4, -0.2) is 33.8 Å². The Bertz CT molecular complexity index is 1230. The third-order valence-electron chi connectivity index (χ3n) is 4.47. The fourth-order valence-corrected chi connectivity index (χ4v) is 3.66. The quantitative estimate of drug-likeness (QED) is 0.188. The van der Waals surface area contributed by atoms with Crippen LogP contribution in [0.25, 0.3) is 0 Å². The summed E-state index contributed by atoms with van der Waals surface area (Å²) in [6.07, 6.45) is 2.23. The van der Waals surface area contributed by atoms with Crippen LogP contribution in [0, 0.1) is 0 Å². The van der Waals surface area contributed by atoms with Crippen LogP contribution in [0.3, 0.4) is 0 Å². The van der Waals surface area contributed by atoms with Crippen molar-refractivity contribution in [1.29, 1.82) is 0 Å². The van der Waals surface area contributed by atoms with Gasteiger partial charge in [-0.3, -0.25) is 0 Å². The maximum atomic E-state index is 12.6. The van der Waals surface area contributed by atoms with Crippen LogP contribution >= 0.6 is 0 Å². The van der Waals surface area contributed by atoms with E-state index in [0.29, 0.717) is 35.8 Å². The molecule has 3 rings (SSSR count). The lowest BCUT2D eigenvalue weighted by Crippen LogP contribution is -2.18. The molecule has 0 atom stereocenters. The smallest absolute Gasteiger partial charge is 0.343 e. The van der Waals surface area contributed by atoms with Gasteiger partial charge in [-0.2, -0.15) is 13.5 Å². The second kappa shape index (κ2) is 11.9. The first-order valence-corrected chi connectivity index (χ1v) is 12.2. The molecule has 0 aliphatic carbocycles. The predicted molar refractivity (Wildman–Crippen MR) is 129 cm³/mol. The van der Waals surface area contributed by atoms with E-state index in [-0.39, 0.29) is 10.6 Å². The van der Waals surface area contributed by atoms with Crippen LogP contribution < -0.4 is 19.0 Å². The van der Waals surface area contributed by atoms with Crippen molar-refractivity contribution in [3.05, 3.63) is 83.9 Å². The minimum absolute atomic E-state index is 0.106. The van der Waals surface area contributed by atoms with Gasteiger partial charge in [0.05, 0.1) is 29.9 Å². The first-order chi connectivity index (χ1) is 16.4. The second-order valence-electron chi connectivity index (χ2n) is 7.07. The summed E-state index contributed by atoms with van der Waals surface area (Å²) in [6, 6.07) is 19.4. The van der Waals surface area contributed by atoms with E-state index in [4.69, 9.17) is 14.2 Å². The van der Waals surface area contributed by atoms with Gasteiger partial charge in [-0.1, -0.05) is 25.1 Å². The van der Waals surface area contributed by atoms with E-state index >= 15 is 0 Å². The number of nitrogens with one attached hydrogen (secondary N) is 1. The van der Waals surface area contributed by atoms with Gasteiger partial charge in [-0.15, -0.1) is 0 Å². The molecule has 34 heavy (non-hydrogen) atoms. The van der Waals surface area contributed by atoms with E-state index in [1.54, 1.807) is 67.6 Å². The fraction of sp³-hybridized carbons (Fsp3) is 0.200. The molecule has 0 radical (unpaired) electrons. The molecule has 3 aromatic carbocycles. The number of hydrogen-bond acceptors (Lipinski definition) is 7. The molecule has 0 amide bonds. The number of carbonyl (C=O) groups is 1. The van der Waals surface area contributed by atoms with Gasteiger partial charge in [-0.25, -0.2) is 9.63 Å². The molecule has 0 fully saturated rings. The average Bonchev–Trinajstić information content (AvgIpc) is 2.85. The summed E-state index contributed by atoms with van der Waals surface area (Å²) >= 11 is 0. The highest BCUT2D eigenvalue weighted by Gasteiger charge is 2.14. The molecule has 0 aromatic heterocycles. The van der Waals surface area contributed by atoms with Gasteiger partial charge in [0, 0.05) is 0 Å². The minimum Gasteiger partial charge on any atom is -0.494 e. The molecule has 0 unspecified atom stereocenters. The Balaban J connectivity index is 1.70. The molecule has 9 heteroatoms. The highest BCUT2D eigenvalue weighted by atomic mass is 32.2. The zero-order valence-electron chi connectivity index (χ0n) is 18.9. The topological polar surface area (TPSA) is 103 Å². The lowest BCUT2D eigenvalue weighted by atomic mass is 10.2. The molecule has 0 heterocycles. The number of hydrogen-bond donors (Lipinski definition) is 1. The number of esters is 1. The highest BCUT2D eigenvalue weighted by Crippen LogP contribution is 2.29. The highest BCUT2D eigenvalue weighted by molar-refractivity contribution is 7.89. The summed E-state index contributed by atoms with van der Waals surface area (Å²) in [7, 11) is -3.77. The molecule has 0 saturated heterocycles. The number of ether oxygens (including phenoxy) is 3. The van der Waals surface area contributed by atoms with Crippen LogP contribution in [0.5, 0.6) is 17.2 Å². The summed E-state index contributed by atoms with van der Waals surface area (Å²) in [4.78, 5) is 14.8. The van der Waals surface area contributed by atoms with E-state index in [0.717, 1.165) is 6.42 Å². The Labute approximate surface area is 199 Å². The molecule has 1 N–H and O–H groups in total. The van der Waals surface area contributed by atoms with Gasteiger partial charge in [-0.05, 0) is 73.5 Å². The van der Waals surface area contributed by atoms with Crippen molar-refractivity contribution in [3.8, 4) is 17.2 Å². The monoisotopic (exact) mass is 482 g/mol. The summed E-state index contributed by atoms with van der Waals surface area (Å²) in [5.41, 5.74) is 0.920. The lowest BCUT2D eigenvalue weighted by molar-refractivity contribution is 0.0728. The summed E-state index contributed by atoms with van der Waals surface area (Å²) in [5.74, 6) is 0.703. The maximum absolute atomic E-state index is 12.6. The Morgan fingerprint density at radius 1 is 0.941 bits per heavy atom. The molecular weight excluding hydrogens is 456 g/mol. The summed E-state index contributed by atoms with van der Waals surface area (Å²) in [5, 5.41) is 3.82. The molecular formula is C25H26N2O6S. The van der Waals surface area contributed by atoms with Crippen molar-refractivity contribution < 1.29 is 27.4 Å². The minimum atomic E-state index is -3.77. The molecule has 0 bridgehead atoms. The molecule has 0 aliphatic heterocycles. The predicted octanol–water partition coefficient (Wildman–Crippen LogP) is 4.41. The van der Waals surface area contributed by atoms with Gasteiger partial charge in [0.2, 0.25) is 0 Å². The Hall–Kier alpha value is -3.85. The van der Waals surface area contributed by atoms with Crippen LogP contribution in [0.4, 0.5) is 0 Å². The van der Waals surface area contributed by atoms with Gasteiger partial charge in [0.15, 0.2) is 11.5 Å². The van der Waals surface area contributed by atoms with Crippen molar-refractivity contribution >= 4 is 22.2 Å². The normalized spacial score (nSPS) is 11.2. The fourth-order valence-electron chi connectivity index (χ4n) is 2.85. The van der Waals surface area contributed by atoms with Gasteiger partial charge in [0.1, 0.15) is 5.75 Å². The number of sulfonamides is 1. The van der Waals surface area contributed by atoms with Crippen molar-refractivity contribution in [2.45, 2.75) is 25.2 Å². The number of rotatable bonds is 11. The zero-order chi connectivity index (χ0) is 24.4. The van der Waals surface area contributed by atoms with Crippen molar-refractivity contribution in [3.63, 3.8) is 0 Å². The van der Waals surface area contributed by atoms with Crippen molar-refractivity contribution in [1.82, 2.24) is 4.83 Å². The molecule has 3 aromatic rings. The molecule has 0 spiro atoms. The van der Waals surface area contributed by atoms with Crippen LogP contribution in [0.15, 0.2) is 82.8 Å². The Kier molecular flexibility index (Phi) is 8.64. The van der Waals surface area contributed by atoms with Crippen LogP contribution in [-0.2, 0) is 10.0 Å². The number of carbonyl (C=O) groups excluding carboxylic acids is 1. The first-order valence-electron chi connectivity index (χ1n) is 10.7. The molecule has 8 nitrogen and oxygen atoms in total. The maximum Gasteiger partial charge on any atom is 0.343 e. The van der Waals surface area contributed by atoms with E-state index in [2.05, 4.69) is 9.93 Å². The third kappa shape index (κ3) is 6.82. The largest absolute Gasteiger partial charge is 0.494 e. The molecule has 178 valence electrons. The Morgan fingerprint density at radius 3 is 2.35 bits per heavy atom. The molecule has 0 saturated carbocycles. The first kappa shape index (κ1) is 24.8. The van der Waals surface area contributed by atoms with Crippen molar-refractivity contribution in [2.24, 2.45) is 5.10 Å².